The molecule has 4 rings (SSSR count). The minimum Gasteiger partial charge on any atom is -0.393 e. The van der Waals surface area contributed by atoms with Crippen LogP contribution in [0.25, 0.3) is 0 Å². The third kappa shape index (κ3) is 2.89. The smallest absolute Gasteiger partial charge is 0.0794 e. The van der Waals surface area contributed by atoms with Crippen LogP contribution in [-0.2, 0) is 0 Å². The zero-order chi connectivity index (χ0) is 18.5. The summed E-state index contributed by atoms with van der Waals surface area (Å²) in [5.41, 5.74) is 4.15. The normalized spacial score (nSPS) is 45.4. The van der Waals surface area contributed by atoms with Crippen LogP contribution in [0.5, 0.6) is 0 Å². The Morgan fingerprint density at radius 1 is 1.15 bits per heavy atom. The first kappa shape index (κ1) is 18.9. The van der Waals surface area contributed by atoms with Crippen molar-refractivity contribution in [3.05, 3.63) is 16.6 Å². The van der Waals surface area contributed by atoms with Gasteiger partial charge in [-0.2, -0.15) is 0 Å². The predicted molar refractivity (Wildman–Crippen MR) is 109 cm³/mol. The van der Waals surface area contributed by atoms with Crippen LogP contribution in [0, 0.1) is 34.5 Å². The summed E-state index contributed by atoms with van der Waals surface area (Å²) in [6.07, 6.45) is 9.97. The molecule has 3 fully saturated rings. The Balaban J connectivity index is 1.59. The van der Waals surface area contributed by atoms with Gasteiger partial charge in [-0.15, -0.1) is 11.3 Å². The maximum Gasteiger partial charge on any atom is 0.0794 e. The fourth-order valence-corrected chi connectivity index (χ4v) is 8.31. The fourth-order valence-electron chi connectivity index (χ4n) is 7.70. The van der Waals surface area contributed by atoms with Gasteiger partial charge in [0.2, 0.25) is 0 Å². The standard InChI is InChI=1S/C23H37NOS/c1-5-18-17(7-6-15-12-16(25)10-11-23(15,18)4)19-8-9-20(22(19,2)3)21-13-26-14-24-21/h13-20,25H,5-12H2,1-4H3. The molecule has 7 atom stereocenters. The van der Waals surface area contributed by atoms with E-state index < -0.39 is 0 Å². The lowest BCUT2D eigenvalue weighted by Crippen LogP contribution is -2.50. The summed E-state index contributed by atoms with van der Waals surface area (Å²) in [6.45, 7) is 10.1. The maximum absolute atomic E-state index is 10.2. The molecule has 0 spiro atoms. The second-order valence-corrected chi connectivity index (χ2v) is 11.1. The molecule has 3 saturated carbocycles. The molecule has 2 nitrogen and oxygen atoms in total. The second-order valence-electron chi connectivity index (χ2n) is 10.4. The monoisotopic (exact) mass is 375 g/mol. The molecule has 7 unspecified atom stereocenters. The van der Waals surface area contributed by atoms with E-state index in [2.05, 4.69) is 33.1 Å². The number of hydrogen-bond donors (Lipinski definition) is 1. The Hall–Kier alpha value is -0.410. The van der Waals surface area contributed by atoms with Gasteiger partial charge in [-0.25, -0.2) is 4.98 Å². The molecule has 1 N–H and O–H groups in total. The van der Waals surface area contributed by atoms with Gasteiger partial charge in [0.05, 0.1) is 17.3 Å². The van der Waals surface area contributed by atoms with Gasteiger partial charge >= 0.3 is 0 Å². The molecule has 3 aliphatic carbocycles. The molecule has 0 radical (unpaired) electrons. The molecule has 3 heteroatoms. The minimum absolute atomic E-state index is 0.0425. The van der Waals surface area contributed by atoms with E-state index >= 15 is 0 Å². The zero-order valence-corrected chi connectivity index (χ0v) is 17.9. The number of rotatable bonds is 3. The quantitative estimate of drug-likeness (QED) is 0.675. The van der Waals surface area contributed by atoms with E-state index in [1.54, 1.807) is 11.3 Å². The molecule has 146 valence electrons. The number of aliphatic hydroxyl groups is 1. The van der Waals surface area contributed by atoms with Crippen molar-refractivity contribution in [3.8, 4) is 0 Å². The third-order valence-electron chi connectivity index (χ3n) is 9.10. The first-order valence-corrected chi connectivity index (χ1v) is 11.9. The van der Waals surface area contributed by atoms with E-state index in [1.807, 2.05) is 5.51 Å². The molecule has 3 aliphatic rings. The Labute approximate surface area is 163 Å². The molecule has 1 aromatic heterocycles. The van der Waals surface area contributed by atoms with Crippen LogP contribution in [0.4, 0.5) is 0 Å². The Morgan fingerprint density at radius 3 is 2.65 bits per heavy atom. The summed E-state index contributed by atoms with van der Waals surface area (Å²) in [6, 6.07) is 0. The number of hydrogen-bond acceptors (Lipinski definition) is 3. The number of fused-ring (bicyclic) bond motifs is 1. The van der Waals surface area contributed by atoms with Crippen LogP contribution in [0.1, 0.15) is 90.7 Å². The third-order valence-corrected chi connectivity index (χ3v) is 9.71. The lowest BCUT2D eigenvalue weighted by atomic mass is 9.48. The molecule has 26 heavy (non-hydrogen) atoms. The topological polar surface area (TPSA) is 33.1 Å². The van der Waals surface area contributed by atoms with Gasteiger partial charge < -0.3 is 5.11 Å². The van der Waals surface area contributed by atoms with Gasteiger partial charge in [0.1, 0.15) is 0 Å². The molecular weight excluding hydrogens is 338 g/mol. The Kier molecular flexibility index (Phi) is 5.01. The lowest BCUT2D eigenvalue weighted by Gasteiger charge is -2.57. The average molecular weight is 376 g/mol. The van der Waals surface area contributed by atoms with E-state index in [4.69, 9.17) is 4.98 Å². The second kappa shape index (κ2) is 6.88. The van der Waals surface area contributed by atoms with E-state index in [-0.39, 0.29) is 6.10 Å². The van der Waals surface area contributed by atoms with Crippen molar-refractivity contribution in [2.24, 2.45) is 34.5 Å². The predicted octanol–water partition coefficient (Wildman–Crippen LogP) is 6.27. The first-order valence-electron chi connectivity index (χ1n) is 10.9. The van der Waals surface area contributed by atoms with E-state index in [1.165, 1.54) is 44.2 Å². The zero-order valence-electron chi connectivity index (χ0n) is 17.1. The van der Waals surface area contributed by atoms with Gasteiger partial charge in [-0.3, -0.25) is 0 Å². The highest BCUT2D eigenvalue weighted by atomic mass is 32.1. The summed E-state index contributed by atoms with van der Waals surface area (Å²) in [5.74, 6) is 3.88. The van der Waals surface area contributed by atoms with E-state index in [9.17, 15) is 5.11 Å². The summed E-state index contributed by atoms with van der Waals surface area (Å²) < 4.78 is 0. The summed E-state index contributed by atoms with van der Waals surface area (Å²) in [7, 11) is 0. The van der Waals surface area contributed by atoms with Crippen molar-refractivity contribution in [1.29, 1.82) is 0 Å². The number of nitrogens with zero attached hydrogens (tertiary/aromatic N) is 1. The van der Waals surface area contributed by atoms with Crippen LogP contribution < -0.4 is 0 Å². The molecular formula is C23H37NOS. The van der Waals surface area contributed by atoms with Crippen molar-refractivity contribution in [3.63, 3.8) is 0 Å². The molecule has 1 aromatic rings. The summed E-state index contributed by atoms with van der Waals surface area (Å²) in [5, 5.41) is 12.5. The SMILES string of the molecule is CCC1C(C2CCC(c3cscn3)C2(C)C)CCC2CC(O)CCC21C. The molecule has 0 aromatic carbocycles. The highest BCUT2D eigenvalue weighted by molar-refractivity contribution is 7.07. The van der Waals surface area contributed by atoms with Crippen molar-refractivity contribution in [1.82, 2.24) is 4.98 Å². The lowest BCUT2D eigenvalue weighted by molar-refractivity contribution is -0.0947. The average Bonchev–Trinajstić information content (AvgIpc) is 3.21. The minimum atomic E-state index is -0.0425. The van der Waals surface area contributed by atoms with Gasteiger partial charge in [0, 0.05) is 11.3 Å². The molecule has 1 heterocycles. The first-order chi connectivity index (χ1) is 12.4. The van der Waals surface area contributed by atoms with Gasteiger partial charge in [-0.1, -0.05) is 34.1 Å². The highest BCUT2D eigenvalue weighted by Gasteiger charge is 2.55. The number of aromatic nitrogens is 1. The Morgan fingerprint density at radius 2 is 1.96 bits per heavy atom. The van der Waals surface area contributed by atoms with Crippen LogP contribution in [0.2, 0.25) is 0 Å². The van der Waals surface area contributed by atoms with Gasteiger partial charge in [0.25, 0.3) is 0 Å². The van der Waals surface area contributed by atoms with Crippen molar-refractivity contribution >= 4 is 11.3 Å². The van der Waals surface area contributed by atoms with E-state index in [0.717, 1.165) is 36.5 Å². The van der Waals surface area contributed by atoms with Gasteiger partial charge in [0.15, 0.2) is 0 Å². The van der Waals surface area contributed by atoms with Crippen LogP contribution in [0.15, 0.2) is 10.9 Å². The van der Waals surface area contributed by atoms with Gasteiger partial charge in [-0.05, 0) is 79.4 Å². The van der Waals surface area contributed by atoms with Crippen molar-refractivity contribution in [2.75, 3.05) is 0 Å². The molecule has 0 saturated heterocycles. The fraction of sp³-hybridized carbons (Fsp3) is 0.870. The van der Waals surface area contributed by atoms with Crippen LogP contribution >= 0.6 is 11.3 Å². The van der Waals surface area contributed by atoms with E-state index in [0.29, 0.717) is 16.7 Å². The Bertz CT molecular complexity index is 612. The van der Waals surface area contributed by atoms with Crippen molar-refractivity contribution < 1.29 is 5.11 Å². The molecule has 0 amide bonds. The van der Waals surface area contributed by atoms with Crippen LogP contribution in [-0.4, -0.2) is 16.2 Å². The maximum atomic E-state index is 10.2. The number of aliphatic hydroxyl groups excluding tert-OH is 1. The highest BCUT2D eigenvalue weighted by Crippen LogP contribution is 2.63. The molecule has 0 bridgehead atoms. The van der Waals surface area contributed by atoms with Crippen LogP contribution in [0.3, 0.4) is 0 Å². The largest absolute Gasteiger partial charge is 0.393 e. The summed E-state index contributed by atoms with van der Waals surface area (Å²) >= 11 is 1.75. The number of thiazole rings is 1. The molecule has 0 aliphatic heterocycles. The summed E-state index contributed by atoms with van der Waals surface area (Å²) in [4.78, 5) is 4.69. The van der Waals surface area contributed by atoms with Crippen molar-refractivity contribution in [2.45, 2.75) is 91.1 Å².